The number of halogens is 2. The van der Waals surface area contributed by atoms with Crippen molar-refractivity contribution < 1.29 is 0 Å². The molecule has 0 atom stereocenters. The molecule has 0 amide bonds. The number of nitrogens with one attached hydrogen (secondary N) is 2. The number of aromatic nitrogens is 3. The minimum absolute atomic E-state index is 0.376. The van der Waals surface area contributed by atoms with Crippen LogP contribution < -0.4 is 15.5 Å². The van der Waals surface area contributed by atoms with Crippen LogP contribution in [0.2, 0.25) is 10.0 Å². The van der Waals surface area contributed by atoms with E-state index in [4.69, 9.17) is 23.2 Å². The lowest BCUT2D eigenvalue weighted by molar-refractivity contribution is 0.982. The average molecular weight is 375 g/mol. The summed E-state index contributed by atoms with van der Waals surface area (Å²) in [5.74, 6) is 0.882. The van der Waals surface area contributed by atoms with Gasteiger partial charge in [0.25, 0.3) is 0 Å². The highest BCUT2D eigenvalue weighted by atomic mass is 35.5. The standard InChI is InChI=1S/C17H16Cl2N6/c1-25(2)12-8-6-11(7-9-12)21-17-23-15(10-20-24-17)22-14-5-3-4-13(18)16(14)19/h3-10H,1-2H3,(H2,21,22,23,24). The normalized spacial score (nSPS) is 10.4. The maximum atomic E-state index is 6.18. The minimum Gasteiger partial charge on any atom is -0.378 e. The third-order valence-electron chi connectivity index (χ3n) is 3.41. The van der Waals surface area contributed by atoms with E-state index in [1.807, 2.05) is 49.3 Å². The molecular formula is C17H16Cl2N6. The van der Waals surface area contributed by atoms with E-state index in [9.17, 15) is 0 Å². The molecule has 1 heterocycles. The Kier molecular flexibility index (Phi) is 5.21. The number of nitrogens with zero attached hydrogens (tertiary/aromatic N) is 4. The number of hydrogen-bond acceptors (Lipinski definition) is 6. The first kappa shape index (κ1) is 17.3. The van der Waals surface area contributed by atoms with Crippen molar-refractivity contribution in [1.29, 1.82) is 0 Å². The zero-order valence-electron chi connectivity index (χ0n) is 13.7. The van der Waals surface area contributed by atoms with Crippen molar-refractivity contribution in [3.63, 3.8) is 0 Å². The van der Waals surface area contributed by atoms with Gasteiger partial charge in [0.05, 0.1) is 21.9 Å². The summed E-state index contributed by atoms with van der Waals surface area (Å²) in [7, 11) is 3.98. The first-order valence-corrected chi connectivity index (χ1v) is 8.24. The highest BCUT2D eigenvalue weighted by Crippen LogP contribution is 2.31. The Bertz CT molecular complexity index is 867. The third-order valence-corrected chi connectivity index (χ3v) is 4.23. The van der Waals surface area contributed by atoms with Crippen molar-refractivity contribution in [2.45, 2.75) is 0 Å². The van der Waals surface area contributed by atoms with Crippen LogP contribution in [0.25, 0.3) is 0 Å². The smallest absolute Gasteiger partial charge is 0.249 e. The molecule has 0 bridgehead atoms. The maximum Gasteiger partial charge on any atom is 0.249 e. The van der Waals surface area contributed by atoms with E-state index in [0.29, 0.717) is 27.5 Å². The Morgan fingerprint density at radius 3 is 2.44 bits per heavy atom. The van der Waals surface area contributed by atoms with Crippen LogP contribution >= 0.6 is 23.2 Å². The van der Waals surface area contributed by atoms with Gasteiger partial charge in [0, 0.05) is 25.5 Å². The highest BCUT2D eigenvalue weighted by molar-refractivity contribution is 6.43. The van der Waals surface area contributed by atoms with Crippen molar-refractivity contribution in [3.8, 4) is 0 Å². The molecule has 0 spiro atoms. The highest BCUT2D eigenvalue weighted by Gasteiger charge is 2.07. The predicted molar refractivity (Wildman–Crippen MR) is 104 cm³/mol. The van der Waals surface area contributed by atoms with Gasteiger partial charge >= 0.3 is 0 Å². The quantitative estimate of drug-likeness (QED) is 0.672. The lowest BCUT2D eigenvalue weighted by Crippen LogP contribution is -2.08. The van der Waals surface area contributed by atoms with Gasteiger partial charge in [-0.1, -0.05) is 29.3 Å². The fourth-order valence-corrected chi connectivity index (χ4v) is 2.47. The Morgan fingerprint density at radius 2 is 1.72 bits per heavy atom. The summed E-state index contributed by atoms with van der Waals surface area (Å²) in [6.45, 7) is 0. The number of rotatable bonds is 5. The van der Waals surface area contributed by atoms with Crippen LogP contribution in [-0.2, 0) is 0 Å². The van der Waals surface area contributed by atoms with Gasteiger partial charge in [0.2, 0.25) is 5.95 Å². The molecule has 128 valence electrons. The van der Waals surface area contributed by atoms with E-state index >= 15 is 0 Å². The molecule has 6 nitrogen and oxygen atoms in total. The molecule has 3 aromatic rings. The number of benzene rings is 2. The van der Waals surface area contributed by atoms with Crippen LogP contribution in [0, 0.1) is 0 Å². The molecule has 0 saturated heterocycles. The van der Waals surface area contributed by atoms with Gasteiger partial charge in [-0.05, 0) is 36.4 Å². The van der Waals surface area contributed by atoms with Gasteiger partial charge in [-0.3, -0.25) is 0 Å². The Morgan fingerprint density at radius 1 is 0.960 bits per heavy atom. The molecule has 25 heavy (non-hydrogen) atoms. The maximum absolute atomic E-state index is 6.18. The summed E-state index contributed by atoms with van der Waals surface area (Å²) >= 11 is 12.2. The Labute approximate surface area is 155 Å². The van der Waals surface area contributed by atoms with Crippen molar-refractivity contribution in [1.82, 2.24) is 15.2 Å². The predicted octanol–water partition coefficient (Wildman–Crippen LogP) is 4.73. The Balaban J connectivity index is 1.76. The number of hydrogen-bond donors (Lipinski definition) is 2. The molecule has 2 N–H and O–H groups in total. The third kappa shape index (κ3) is 4.29. The average Bonchev–Trinajstić information content (AvgIpc) is 2.60. The molecule has 2 aromatic carbocycles. The van der Waals surface area contributed by atoms with E-state index in [2.05, 4.69) is 25.8 Å². The fourth-order valence-electron chi connectivity index (χ4n) is 2.13. The zero-order chi connectivity index (χ0) is 17.8. The van der Waals surface area contributed by atoms with E-state index in [1.54, 1.807) is 12.1 Å². The summed E-state index contributed by atoms with van der Waals surface area (Å²) in [5, 5.41) is 15.0. The molecule has 0 aliphatic heterocycles. The molecule has 0 aliphatic carbocycles. The molecule has 0 fully saturated rings. The largest absolute Gasteiger partial charge is 0.378 e. The minimum atomic E-state index is 0.376. The van der Waals surface area contributed by atoms with Crippen molar-refractivity contribution >= 4 is 52.0 Å². The summed E-state index contributed by atoms with van der Waals surface area (Å²) in [6, 6.07) is 13.2. The van der Waals surface area contributed by atoms with Gasteiger partial charge in [0.1, 0.15) is 0 Å². The van der Waals surface area contributed by atoms with Gasteiger partial charge in [-0.2, -0.15) is 10.1 Å². The van der Waals surface area contributed by atoms with E-state index in [0.717, 1.165) is 11.4 Å². The summed E-state index contributed by atoms with van der Waals surface area (Å²) in [4.78, 5) is 6.41. The van der Waals surface area contributed by atoms with E-state index < -0.39 is 0 Å². The topological polar surface area (TPSA) is 66.0 Å². The molecule has 0 radical (unpaired) electrons. The van der Waals surface area contributed by atoms with Gasteiger partial charge in [-0.15, -0.1) is 5.10 Å². The van der Waals surface area contributed by atoms with E-state index in [-0.39, 0.29) is 0 Å². The Hall–Kier alpha value is -2.57. The molecular weight excluding hydrogens is 359 g/mol. The second-order valence-electron chi connectivity index (χ2n) is 5.46. The van der Waals surface area contributed by atoms with Crippen LogP contribution in [0.15, 0.2) is 48.7 Å². The van der Waals surface area contributed by atoms with E-state index in [1.165, 1.54) is 6.20 Å². The molecule has 1 aromatic heterocycles. The van der Waals surface area contributed by atoms with Crippen molar-refractivity contribution in [3.05, 3.63) is 58.7 Å². The van der Waals surface area contributed by atoms with Crippen molar-refractivity contribution in [2.24, 2.45) is 0 Å². The van der Waals surface area contributed by atoms with Crippen LogP contribution in [0.1, 0.15) is 0 Å². The lowest BCUT2D eigenvalue weighted by atomic mass is 10.2. The van der Waals surface area contributed by atoms with Gasteiger partial charge in [0.15, 0.2) is 5.82 Å². The first-order valence-electron chi connectivity index (χ1n) is 7.48. The van der Waals surface area contributed by atoms with Gasteiger partial charge in [-0.25, -0.2) is 0 Å². The summed E-state index contributed by atoms with van der Waals surface area (Å²) < 4.78 is 0. The fraction of sp³-hybridized carbons (Fsp3) is 0.118. The first-order chi connectivity index (χ1) is 12.0. The molecule has 0 unspecified atom stereocenters. The van der Waals surface area contributed by atoms with Crippen molar-refractivity contribution in [2.75, 3.05) is 29.6 Å². The monoisotopic (exact) mass is 374 g/mol. The molecule has 3 rings (SSSR count). The van der Waals surface area contributed by atoms with Crippen LogP contribution in [0.4, 0.5) is 28.8 Å². The second-order valence-corrected chi connectivity index (χ2v) is 6.24. The summed E-state index contributed by atoms with van der Waals surface area (Å²) in [5.41, 5.74) is 2.62. The van der Waals surface area contributed by atoms with Crippen LogP contribution in [0.3, 0.4) is 0 Å². The number of anilines is 5. The SMILES string of the molecule is CN(C)c1ccc(Nc2nncc(Nc3cccc(Cl)c3Cl)n2)cc1. The molecule has 0 aliphatic rings. The summed E-state index contributed by atoms with van der Waals surface area (Å²) in [6.07, 6.45) is 1.51. The lowest BCUT2D eigenvalue weighted by Gasteiger charge is -2.13. The molecule has 8 heteroatoms. The molecule has 0 saturated carbocycles. The second kappa shape index (κ2) is 7.55. The zero-order valence-corrected chi connectivity index (χ0v) is 15.2. The van der Waals surface area contributed by atoms with Crippen LogP contribution in [0.5, 0.6) is 0 Å². The van der Waals surface area contributed by atoms with Crippen LogP contribution in [-0.4, -0.2) is 29.3 Å². The van der Waals surface area contributed by atoms with Gasteiger partial charge < -0.3 is 15.5 Å².